The first-order valence-electron chi connectivity index (χ1n) is 5.11. The highest BCUT2D eigenvalue weighted by Crippen LogP contribution is 2.13. The number of rotatable bonds is 3. The highest BCUT2D eigenvalue weighted by atomic mass is 127. The molecular formula is C11H13Cl2IN4O. The molecule has 0 radical (unpaired) electrons. The van der Waals surface area contributed by atoms with Crippen molar-refractivity contribution in [1.82, 2.24) is 15.3 Å². The summed E-state index contributed by atoms with van der Waals surface area (Å²) in [5.41, 5.74) is 7.12. The van der Waals surface area contributed by atoms with Gasteiger partial charge in [0, 0.05) is 16.7 Å². The molecule has 3 N–H and O–H groups in total. The monoisotopic (exact) mass is 414 g/mol. The lowest BCUT2D eigenvalue weighted by Crippen LogP contribution is -2.29. The van der Waals surface area contributed by atoms with Crippen molar-refractivity contribution in [3.63, 3.8) is 0 Å². The summed E-state index contributed by atoms with van der Waals surface area (Å²) >= 11 is 2.21. The van der Waals surface area contributed by atoms with Gasteiger partial charge in [0.1, 0.15) is 5.69 Å². The molecule has 2 rings (SSSR count). The Morgan fingerprint density at radius 1 is 1.32 bits per heavy atom. The third kappa shape index (κ3) is 4.72. The van der Waals surface area contributed by atoms with Gasteiger partial charge in [-0.1, -0.05) is 0 Å². The van der Waals surface area contributed by atoms with E-state index in [0.29, 0.717) is 24.3 Å². The molecule has 19 heavy (non-hydrogen) atoms. The van der Waals surface area contributed by atoms with Crippen molar-refractivity contribution in [3.8, 4) is 0 Å². The van der Waals surface area contributed by atoms with Gasteiger partial charge >= 0.3 is 0 Å². The maximum Gasteiger partial charge on any atom is 0.271 e. The maximum atomic E-state index is 11.6. The summed E-state index contributed by atoms with van der Waals surface area (Å²) in [6, 6.07) is 5.70. The van der Waals surface area contributed by atoms with E-state index in [4.69, 9.17) is 5.73 Å². The van der Waals surface area contributed by atoms with Gasteiger partial charge in [0.15, 0.2) is 0 Å². The lowest BCUT2D eigenvalue weighted by Gasteiger charge is -2.03. The van der Waals surface area contributed by atoms with Gasteiger partial charge in [0.25, 0.3) is 5.91 Å². The van der Waals surface area contributed by atoms with Gasteiger partial charge in [-0.05, 0) is 40.8 Å². The van der Waals surface area contributed by atoms with Crippen LogP contribution in [0.4, 0.5) is 0 Å². The van der Waals surface area contributed by atoms with Crippen LogP contribution < -0.4 is 11.1 Å². The van der Waals surface area contributed by atoms with E-state index in [-0.39, 0.29) is 30.7 Å². The molecule has 1 aromatic carbocycles. The molecule has 0 bridgehead atoms. The molecule has 1 amide bonds. The average Bonchev–Trinajstić information content (AvgIpc) is 2.35. The Kier molecular flexibility index (Phi) is 8.15. The Bertz CT molecular complexity index is 567. The minimum absolute atomic E-state index is 0. The second-order valence-electron chi connectivity index (χ2n) is 3.43. The summed E-state index contributed by atoms with van der Waals surface area (Å²) in [7, 11) is 0. The largest absolute Gasteiger partial charge is 0.349 e. The fourth-order valence-corrected chi connectivity index (χ4v) is 1.84. The molecule has 0 saturated carbocycles. The molecular weight excluding hydrogens is 402 g/mol. The van der Waals surface area contributed by atoms with Crippen molar-refractivity contribution in [2.24, 2.45) is 5.73 Å². The topological polar surface area (TPSA) is 80.9 Å². The first-order chi connectivity index (χ1) is 8.20. The molecule has 0 spiro atoms. The third-order valence-electron chi connectivity index (χ3n) is 2.17. The van der Waals surface area contributed by atoms with Crippen LogP contribution in [0.25, 0.3) is 11.0 Å². The number of nitrogens with two attached hydrogens (primary N) is 1. The van der Waals surface area contributed by atoms with Crippen molar-refractivity contribution in [2.75, 3.05) is 13.1 Å². The highest BCUT2D eigenvalue weighted by molar-refractivity contribution is 14.1. The van der Waals surface area contributed by atoms with E-state index in [9.17, 15) is 4.79 Å². The molecule has 0 saturated heterocycles. The first-order valence-corrected chi connectivity index (χ1v) is 6.19. The van der Waals surface area contributed by atoms with Gasteiger partial charge in [-0.3, -0.25) is 9.78 Å². The highest BCUT2D eigenvalue weighted by Gasteiger charge is 2.08. The van der Waals surface area contributed by atoms with Gasteiger partial charge in [-0.2, -0.15) is 0 Å². The molecule has 5 nitrogen and oxygen atoms in total. The van der Waals surface area contributed by atoms with Crippen LogP contribution in [0, 0.1) is 3.57 Å². The zero-order valence-electron chi connectivity index (χ0n) is 9.80. The number of benzene rings is 1. The number of hydrogen-bond acceptors (Lipinski definition) is 4. The van der Waals surface area contributed by atoms with Gasteiger partial charge in [-0.15, -0.1) is 24.8 Å². The number of carbonyl (C=O) groups excluding carboxylic acids is 1. The van der Waals surface area contributed by atoms with E-state index >= 15 is 0 Å². The molecule has 8 heteroatoms. The van der Waals surface area contributed by atoms with E-state index in [1.807, 2.05) is 18.2 Å². The Morgan fingerprint density at radius 3 is 2.74 bits per heavy atom. The van der Waals surface area contributed by atoms with Gasteiger partial charge in [0.2, 0.25) is 0 Å². The maximum absolute atomic E-state index is 11.6. The normalized spacial score (nSPS) is 9.37. The van der Waals surface area contributed by atoms with Gasteiger partial charge in [0.05, 0.1) is 17.2 Å². The van der Waals surface area contributed by atoms with Crippen LogP contribution in [0.3, 0.4) is 0 Å². The fraction of sp³-hybridized carbons (Fsp3) is 0.182. The zero-order chi connectivity index (χ0) is 12.3. The smallest absolute Gasteiger partial charge is 0.271 e. The molecule has 0 atom stereocenters. The molecule has 1 heterocycles. The number of amides is 1. The number of nitrogens with one attached hydrogen (secondary N) is 1. The lowest BCUT2D eigenvalue weighted by molar-refractivity contribution is 0.0950. The van der Waals surface area contributed by atoms with E-state index in [1.165, 1.54) is 6.20 Å². The first kappa shape index (κ1) is 18.3. The minimum Gasteiger partial charge on any atom is -0.349 e. The van der Waals surface area contributed by atoms with Crippen LogP contribution in [0.15, 0.2) is 24.4 Å². The second-order valence-corrected chi connectivity index (χ2v) is 4.68. The minimum atomic E-state index is -0.247. The van der Waals surface area contributed by atoms with Crippen LogP contribution in [0.1, 0.15) is 10.5 Å². The lowest BCUT2D eigenvalue weighted by atomic mass is 10.3. The fourth-order valence-electron chi connectivity index (χ4n) is 1.37. The molecule has 1 aromatic heterocycles. The van der Waals surface area contributed by atoms with E-state index in [2.05, 4.69) is 37.9 Å². The molecule has 0 aliphatic rings. The van der Waals surface area contributed by atoms with Crippen LogP contribution in [-0.2, 0) is 0 Å². The number of fused-ring (bicyclic) bond motifs is 1. The van der Waals surface area contributed by atoms with Crippen molar-refractivity contribution in [1.29, 1.82) is 0 Å². The van der Waals surface area contributed by atoms with Crippen LogP contribution >= 0.6 is 47.4 Å². The van der Waals surface area contributed by atoms with Crippen LogP contribution in [0.2, 0.25) is 0 Å². The molecule has 0 aliphatic carbocycles. The van der Waals surface area contributed by atoms with Crippen molar-refractivity contribution in [3.05, 3.63) is 33.7 Å². The Labute approximate surface area is 136 Å². The summed E-state index contributed by atoms with van der Waals surface area (Å²) in [4.78, 5) is 20.1. The Morgan fingerprint density at radius 2 is 2.05 bits per heavy atom. The van der Waals surface area contributed by atoms with E-state index in [0.717, 1.165) is 9.09 Å². The van der Waals surface area contributed by atoms with E-state index < -0.39 is 0 Å². The van der Waals surface area contributed by atoms with Crippen LogP contribution in [-0.4, -0.2) is 29.0 Å². The Balaban J connectivity index is 0.00000162. The molecule has 0 fully saturated rings. The summed E-state index contributed by atoms with van der Waals surface area (Å²) in [5, 5.41) is 2.66. The standard InChI is InChI=1S/C11H11IN4O.2ClH/c12-7-1-2-8-9(5-7)15-6-10(16-8)11(17)14-4-3-13;;/h1-2,5-6H,3-4,13H2,(H,14,17);2*1H. The van der Waals surface area contributed by atoms with Gasteiger partial charge in [-0.25, -0.2) is 4.98 Å². The predicted molar refractivity (Wildman–Crippen MR) is 88.1 cm³/mol. The summed E-state index contributed by atoms with van der Waals surface area (Å²) in [5.74, 6) is -0.247. The number of hydrogen-bond donors (Lipinski definition) is 2. The van der Waals surface area contributed by atoms with Crippen molar-refractivity contribution < 1.29 is 4.79 Å². The van der Waals surface area contributed by atoms with Gasteiger partial charge < -0.3 is 11.1 Å². The second kappa shape index (κ2) is 8.47. The van der Waals surface area contributed by atoms with Crippen LogP contribution in [0.5, 0.6) is 0 Å². The molecule has 0 unspecified atom stereocenters. The quantitative estimate of drug-likeness (QED) is 0.750. The van der Waals surface area contributed by atoms with E-state index in [1.54, 1.807) is 0 Å². The van der Waals surface area contributed by atoms with Crippen molar-refractivity contribution in [2.45, 2.75) is 0 Å². The molecule has 2 aromatic rings. The summed E-state index contributed by atoms with van der Waals surface area (Å²) in [6.07, 6.45) is 1.48. The number of nitrogens with zero attached hydrogens (tertiary/aromatic N) is 2. The SMILES string of the molecule is Cl.Cl.NCCNC(=O)c1cnc2cc(I)ccc2n1. The molecule has 0 aliphatic heterocycles. The number of halogens is 3. The predicted octanol–water partition coefficient (Wildman–Crippen LogP) is 1.77. The zero-order valence-corrected chi connectivity index (χ0v) is 13.6. The number of aromatic nitrogens is 2. The van der Waals surface area contributed by atoms with Crippen molar-refractivity contribution >= 4 is 64.3 Å². The average molecular weight is 415 g/mol. The molecule has 104 valence electrons. The summed E-state index contributed by atoms with van der Waals surface area (Å²) < 4.78 is 1.09. The summed E-state index contributed by atoms with van der Waals surface area (Å²) in [6.45, 7) is 0.843. The number of carbonyl (C=O) groups is 1. The Hall–Kier alpha value is -0.700. The third-order valence-corrected chi connectivity index (χ3v) is 2.84.